The van der Waals surface area contributed by atoms with Gasteiger partial charge in [0.25, 0.3) is 5.91 Å². The normalized spacial score (nSPS) is 10.1. The number of hydrogen-bond donors (Lipinski definition) is 2. The Hall–Kier alpha value is -1.50. The van der Waals surface area contributed by atoms with E-state index in [-0.39, 0.29) is 12.3 Å². The van der Waals surface area contributed by atoms with E-state index in [0.717, 1.165) is 11.5 Å². The molecule has 0 radical (unpaired) electrons. The second-order valence-electron chi connectivity index (χ2n) is 3.29. The van der Waals surface area contributed by atoms with Gasteiger partial charge in [-0.1, -0.05) is 4.49 Å². The average Bonchev–Trinajstić information content (AvgIpc) is 2.63. The predicted molar refractivity (Wildman–Crippen MR) is 58.5 cm³/mol. The first-order valence-corrected chi connectivity index (χ1v) is 5.67. The number of aromatic nitrogens is 2. The van der Waals surface area contributed by atoms with Crippen LogP contribution in [0.5, 0.6) is 0 Å². The molecule has 0 aliphatic heterocycles. The number of unbranched alkanes of at least 4 members (excludes halogenated alkanes) is 1. The first-order valence-electron chi connectivity index (χ1n) is 4.90. The number of hydrogen-bond acceptors (Lipinski definition) is 5. The number of aryl methyl sites for hydroxylation is 1. The molecule has 1 aromatic heterocycles. The van der Waals surface area contributed by atoms with E-state index in [1.165, 1.54) is 0 Å². The maximum atomic E-state index is 11.5. The van der Waals surface area contributed by atoms with E-state index in [1.807, 2.05) is 0 Å². The van der Waals surface area contributed by atoms with E-state index in [4.69, 9.17) is 5.11 Å². The fourth-order valence-electron chi connectivity index (χ4n) is 1.12. The van der Waals surface area contributed by atoms with Crippen molar-refractivity contribution in [2.45, 2.75) is 26.2 Å². The molecule has 88 valence electrons. The Labute approximate surface area is 96.8 Å². The van der Waals surface area contributed by atoms with Crippen LogP contribution in [0.1, 0.15) is 34.6 Å². The third-order valence-corrected chi connectivity index (χ3v) is 2.79. The largest absolute Gasteiger partial charge is 0.481 e. The highest BCUT2D eigenvalue weighted by Gasteiger charge is 2.11. The van der Waals surface area contributed by atoms with Gasteiger partial charge in [0.1, 0.15) is 4.88 Å². The summed E-state index contributed by atoms with van der Waals surface area (Å²) < 4.78 is 3.66. The summed E-state index contributed by atoms with van der Waals surface area (Å²) in [6.07, 6.45) is 1.36. The smallest absolute Gasteiger partial charge is 0.303 e. The first-order chi connectivity index (χ1) is 7.61. The Morgan fingerprint density at radius 3 is 2.75 bits per heavy atom. The molecule has 0 aliphatic rings. The van der Waals surface area contributed by atoms with Gasteiger partial charge in [-0.05, 0) is 31.3 Å². The highest BCUT2D eigenvalue weighted by Crippen LogP contribution is 2.08. The van der Waals surface area contributed by atoms with Crippen molar-refractivity contribution in [1.82, 2.24) is 14.9 Å². The van der Waals surface area contributed by atoms with Gasteiger partial charge in [0, 0.05) is 13.0 Å². The lowest BCUT2D eigenvalue weighted by molar-refractivity contribution is -0.137. The van der Waals surface area contributed by atoms with Crippen molar-refractivity contribution >= 4 is 23.4 Å². The molecule has 1 amide bonds. The van der Waals surface area contributed by atoms with Gasteiger partial charge in [-0.25, -0.2) is 0 Å². The Bertz CT molecular complexity index is 378. The molecule has 1 heterocycles. The molecular weight excluding hydrogens is 230 g/mol. The zero-order valence-electron chi connectivity index (χ0n) is 8.89. The molecule has 0 unspecified atom stereocenters. The van der Waals surface area contributed by atoms with Gasteiger partial charge in [-0.15, -0.1) is 5.10 Å². The molecule has 1 aromatic rings. The standard InChI is InChI=1S/C9H13N3O3S/c1-6-8(16-12-11-6)9(15)10-5-3-2-4-7(13)14/h2-5H2,1H3,(H,10,15)(H,13,14). The lowest BCUT2D eigenvalue weighted by atomic mass is 10.2. The van der Waals surface area contributed by atoms with Gasteiger partial charge < -0.3 is 10.4 Å². The number of carbonyl (C=O) groups is 2. The van der Waals surface area contributed by atoms with E-state index in [9.17, 15) is 9.59 Å². The molecule has 0 aliphatic carbocycles. The summed E-state index contributed by atoms with van der Waals surface area (Å²) in [7, 11) is 0. The van der Waals surface area contributed by atoms with E-state index in [1.54, 1.807) is 6.92 Å². The number of aliphatic carboxylic acids is 1. The monoisotopic (exact) mass is 243 g/mol. The molecule has 0 bridgehead atoms. The third kappa shape index (κ3) is 3.93. The van der Waals surface area contributed by atoms with Crippen LogP contribution in [0, 0.1) is 6.92 Å². The van der Waals surface area contributed by atoms with Gasteiger partial charge >= 0.3 is 5.97 Å². The van der Waals surface area contributed by atoms with Gasteiger partial charge in [0.05, 0.1) is 5.69 Å². The quantitative estimate of drug-likeness (QED) is 0.722. The summed E-state index contributed by atoms with van der Waals surface area (Å²) in [5.74, 6) is -1.00. The summed E-state index contributed by atoms with van der Waals surface area (Å²) in [5.41, 5.74) is 0.619. The molecule has 16 heavy (non-hydrogen) atoms. The summed E-state index contributed by atoms with van der Waals surface area (Å²) in [5, 5.41) is 14.8. The molecule has 0 saturated carbocycles. The summed E-state index contributed by atoms with van der Waals surface area (Å²) in [6, 6.07) is 0. The molecular formula is C9H13N3O3S. The van der Waals surface area contributed by atoms with Gasteiger partial charge in [0.2, 0.25) is 0 Å². The molecule has 0 saturated heterocycles. The summed E-state index contributed by atoms with van der Waals surface area (Å²) in [6.45, 7) is 2.20. The van der Waals surface area contributed by atoms with Crippen molar-refractivity contribution in [3.05, 3.63) is 10.6 Å². The number of rotatable bonds is 6. The van der Waals surface area contributed by atoms with Crippen LogP contribution in [0.15, 0.2) is 0 Å². The van der Waals surface area contributed by atoms with Crippen LogP contribution in [0.4, 0.5) is 0 Å². The molecule has 6 nitrogen and oxygen atoms in total. The topological polar surface area (TPSA) is 92.2 Å². The van der Waals surface area contributed by atoms with Crippen LogP contribution in [0.3, 0.4) is 0 Å². The lowest BCUT2D eigenvalue weighted by Crippen LogP contribution is -2.24. The lowest BCUT2D eigenvalue weighted by Gasteiger charge is -2.02. The Morgan fingerprint density at radius 1 is 1.44 bits per heavy atom. The van der Waals surface area contributed by atoms with E-state index < -0.39 is 5.97 Å². The summed E-state index contributed by atoms with van der Waals surface area (Å²) in [4.78, 5) is 22.3. The number of amides is 1. The molecule has 0 aromatic carbocycles. The minimum Gasteiger partial charge on any atom is -0.481 e. The van der Waals surface area contributed by atoms with Gasteiger partial charge in [0.15, 0.2) is 0 Å². The SMILES string of the molecule is Cc1nnsc1C(=O)NCCCCC(=O)O. The molecule has 0 fully saturated rings. The maximum Gasteiger partial charge on any atom is 0.303 e. The molecule has 0 spiro atoms. The number of nitrogens with zero attached hydrogens (tertiary/aromatic N) is 2. The highest BCUT2D eigenvalue weighted by atomic mass is 32.1. The zero-order valence-corrected chi connectivity index (χ0v) is 9.71. The van der Waals surface area contributed by atoms with Crippen LogP contribution in [0.2, 0.25) is 0 Å². The van der Waals surface area contributed by atoms with Crippen LogP contribution in [-0.4, -0.2) is 33.1 Å². The minimum atomic E-state index is -0.811. The van der Waals surface area contributed by atoms with Crippen LogP contribution in [-0.2, 0) is 4.79 Å². The Morgan fingerprint density at radius 2 is 2.19 bits per heavy atom. The first kappa shape index (κ1) is 12.6. The summed E-state index contributed by atoms with van der Waals surface area (Å²) >= 11 is 1.06. The van der Waals surface area contributed by atoms with Crippen LogP contribution >= 0.6 is 11.5 Å². The van der Waals surface area contributed by atoms with Gasteiger partial charge in [-0.2, -0.15) is 0 Å². The van der Waals surface area contributed by atoms with Crippen molar-refractivity contribution in [3.63, 3.8) is 0 Å². The van der Waals surface area contributed by atoms with E-state index in [2.05, 4.69) is 14.9 Å². The predicted octanol–water partition coefficient (Wildman–Crippen LogP) is 0.831. The van der Waals surface area contributed by atoms with Crippen molar-refractivity contribution in [3.8, 4) is 0 Å². The minimum absolute atomic E-state index is 0.136. The number of carboxylic acid groups (broad SMARTS) is 1. The fourth-order valence-corrected chi connectivity index (χ4v) is 1.70. The van der Waals surface area contributed by atoms with Crippen molar-refractivity contribution in [1.29, 1.82) is 0 Å². The Balaban J connectivity index is 2.21. The second-order valence-corrected chi connectivity index (χ2v) is 4.05. The van der Waals surface area contributed by atoms with Crippen LogP contribution < -0.4 is 5.32 Å². The maximum absolute atomic E-state index is 11.5. The second kappa shape index (κ2) is 6.16. The number of nitrogens with one attached hydrogen (secondary N) is 1. The van der Waals surface area contributed by atoms with Crippen molar-refractivity contribution < 1.29 is 14.7 Å². The molecule has 1 rings (SSSR count). The molecule has 0 atom stereocenters. The zero-order chi connectivity index (χ0) is 12.0. The highest BCUT2D eigenvalue weighted by molar-refractivity contribution is 7.07. The number of carboxylic acids is 1. The van der Waals surface area contributed by atoms with Crippen LogP contribution in [0.25, 0.3) is 0 Å². The average molecular weight is 243 g/mol. The molecule has 2 N–H and O–H groups in total. The molecule has 7 heteroatoms. The van der Waals surface area contributed by atoms with E-state index in [0.29, 0.717) is 30.0 Å². The third-order valence-electron chi connectivity index (χ3n) is 1.96. The van der Waals surface area contributed by atoms with E-state index >= 15 is 0 Å². The fraction of sp³-hybridized carbons (Fsp3) is 0.556. The number of carbonyl (C=O) groups excluding carboxylic acids is 1. The van der Waals surface area contributed by atoms with Crippen molar-refractivity contribution in [2.24, 2.45) is 0 Å². The Kier molecular flexibility index (Phi) is 4.84. The van der Waals surface area contributed by atoms with Crippen molar-refractivity contribution in [2.75, 3.05) is 6.54 Å². The van der Waals surface area contributed by atoms with Gasteiger partial charge in [-0.3, -0.25) is 9.59 Å².